The van der Waals surface area contributed by atoms with Gasteiger partial charge in [0, 0.05) is 12.6 Å². The number of carbonyl (C=O) groups is 1. The van der Waals surface area contributed by atoms with Crippen LogP contribution in [0.5, 0.6) is 0 Å². The van der Waals surface area contributed by atoms with Crippen LogP contribution in [0.15, 0.2) is 10.3 Å². The van der Waals surface area contributed by atoms with Crippen molar-refractivity contribution in [3.8, 4) is 0 Å². The molecule has 122 valence electrons. The van der Waals surface area contributed by atoms with Gasteiger partial charge in [0.05, 0.1) is 19.2 Å². The second-order valence-electron chi connectivity index (χ2n) is 6.56. The third-order valence-electron chi connectivity index (χ3n) is 3.24. The molecular formula is C14H28N4O3. The first-order valence-corrected chi connectivity index (χ1v) is 7.45. The summed E-state index contributed by atoms with van der Waals surface area (Å²) in [7, 11) is 1.63. The van der Waals surface area contributed by atoms with E-state index >= 15 is 0 Å². The van der Waals surface area contributed by atoms with Gasteiger partial charge in [0.25, 0.3) is 0 Å². The lowest BCUT2D eigenvalue weighted by Gasteiger charge is -2.41. The van der Waals surface area contributed by atoms with E-state index in [-0.39, 0.29) is 24.3 Å². The summed E-state index contributed by atoms with van der Waals surface area (Å²) in [4.78, 5) is 11.7. The molecule has 1 aliphatic carbocycles. The van der Waals surface area contributed by atoms with Crippen LogP contribution < -0.4 is 5.32 Å². The molecule has 0 aromatic rings. The molecule has 0 heterocycles. The Balaban J connectivity index is 2.34. The summed E-state index contributed by atoms with van der Waals surface area (Å²) >= 11 is 0. The first kappa shape index (κ1) is 17.7. The van der Waals surface area contributed by atoms with E-state index in [0.29, 0.717) is 13.0 Å². The highest BCUT2D eigenvalue weighted by atomic mass is 16.6. The smallest absolute Gasteiger partial charge is 0.407 e. The number of aliphatic hydroxyl groups excluding tert-OH is 1. The Morgan fingerprint density at radius 3 is 2.57 bits per heavy atom. The largest absolute Gasteiger partial charge is 0.444 e. The zero-order valence-corrected chi connectivity index (χ0v) is 13.7. The van der Waals surface area contributed by atoms with Gasteiger partial charge in [-0.2, -0.15) is 5.11 Å². The first-order valence-electron chi connectivity index (χ1n) is 7.45. The second-order valence-corrected chi connectivity index (χ2v) is 6.56. The van der Waals surface area contributed by atoms with E-state index in [1.54, 1.807) is 14.0 Å². The van der Waals surface area contributed by atoms with Crippen LogP contribution in [0.4, 0.5) is 4.79 Å². The van der Waals surface area contributed by atoms with Crippen LogP contribution in [0.25, 0.3) is 0 Å². The van der Waals surface area contributed by atoms with Gasteiger partial charge in [-0.05, 0) is 47.0 Å². The number of nitrogens with zero attached hydrogens (tertiary/aromatic N) is 3. The van der Waals surface area contributed by atoms with Gasteiger partial charge in [0.2, 0.25) is 0 Å². The summed E-state index contributed by atoms with van der Waals surface area (Å²) in [5.41, 5.74) is -0.479. The van der Waals surface area contributed by atoms with Gasteiger partial charge in [-0.15, -0.1) is 0 Å². The average molecular weight is 300 g/mol. The van der Waals surface area contributed by atoms with Crippen molar-refractivity contribution in [2.75, 3.05) is 13.6 Å². The molecule has 21 heavy (non-hydrogen) atoms. The van der Waals surface area contributed by atoms with E-state index in [9.17, 15) is 9.90 Å². The number of aliphatic hydroxyl groups is 1. The van der Waals surface area contributed by atoms with E-state index in [4.69, 9.17) is 4.74 Å². The molecule has 7 heteroatoms. The maximum Gasteiger partial charge on any atom is 0.407 e. The van der Waals surface area contributed by atoms with Crippen molar-refractivity contribution < 1.29 is 14.6 Å². The molecule has 1 aliphatic rings. The molecule has 7 nitrogen and oxygen atoms in total. The van der Waals surface area contributed by atoms with E-state index in [0.717, 1.165) is 12.8 Å². The van der Waals surface area contributed by atoms with E-state index in [1.807, 2.05) is 25.8 Å². The Bertz CT molecular complexity index is 360. The predicted molar refractivity (Wildman–Crippen MR) is 80.0 cm³/mol. The second kappa shape index (κ2) is 7.59. The molecule has 0 aromatic carbocycles. The summed E-state index contributed by atoms with van der Waals surface area (Å²) in [5.74, 6) is 0. The van der Waals surface area contributed by atoms with Crippen molar-refractivity contribution in [2.24, 2.45) is 10.3 Å². The summed E-state index contributed by atoms with van der Waals surface area (Å²) in [5, 5.41) is 22.0. The molecular weight excluding hydrogens is 272 g/mol. The van der Waals surface area contributed by atoms with Gasteiger partial charge < -0.3 is 15.2 Å². The van der Waals surface area contributed by atoms with Crippen LogP contribution in [0.3, 0.4) is 0 Å². The number of amides is 1. The molecule has 1 fully saturated rings. The standard InChI is InChI=1S/C14H28N4O3/c1-10(19)6-7-18(17-15-5)12-8-11(9-12)16-13(20)21-14(2,3)4/h10-12,19H,6-9H2,1-5H3,(H,16,20)/t10-,11?,12?/m1/s1. The lowest BCUT2D eigenvalue weighted by molar-refractivity contribution is 0.0361. The van der Waals surface area contributed by atoms with Crippen molar-refractivity contribution in [1.82, 2.24) is 10.3 Å². The van der Waals surface area contributed by atoms with Crippen LogP contribution in [0.1, 0.15) is 47.0 Å². The summed E-state index contributed by atoms with van der Waals surface area (Å²) in [6.45, 7) is 7.95. The SMILES string of the molecule is CN=NN(CC[C@@H](C)O)C1CC(NC(=O)OC(C)(C)C)C1. The van der Waals surface area contributed by atoms with E-state index < -0.39 is 5.60 Å². The van der Waals surface area contributed by atoms with Gasteiger partial charge in [-0.3, -0.25) is 5.01 Å². The molecule has 1 amide bonds. The van der Waals surface area contributed by atoms with Crippen LogP contribution in [-0.2, 0) is 4.74 Å². The van der Waals surface area contributed by atoms with Crippen molar-refractivity contribution in [2.45, 2.75) is 70.7 Å². The lowest BCUT2D eigenvalue weighted by Crippen LogP contribution is -2.53. The van der Waals surface area contributed by atoms with Crippen molar-refractivity contribution in [3.63, 3.8) is 0 Å². The number of alkyl carbamates (subject to hydrolysis) is 1. The maximum absolute atomic E-state index is 11.7. The Kier molecular flexibility index (Phi) is 6.39. The topological polar surface area (TPSA) is 86.5 Å². The van der Waals surface area contributed by atoms with Gasteiger partial charge in [0.15, 0.2) is 0 Å². The van der Waals surface area contributed by atoms with Crippen molar-refractivity contribution >= 4 is 6.09 Å². The number of ether oxygens (including phenoxy) is 1. The zero-order valence-electron chi connectivity index (χ0n) is 13.7. The molecule has 1 saturated carbocycles. The maximum atomic E-state index is 11.7. The average Bonchev–Trinajstić information content (AvgIpc) is 2.26. The minimum absolute atomic E-state index is 0.117. The number of carbonyl (C=O) groups excluding carboxylic acids is 1. The fraction of sp³-hybridized carbons (Fsp3) is 0.929. The van der Waals surface area contributed by atoms with Crippen LogP contribution in [0.2, 0.25) is 0 Å². The van der Waals surface area contributed by atoms with Gasteiger partial charge >= 0.3 is 6.09 Å². The van der Waals surface area contributed by atoms with Crippen molar-refractivity contribution in [1.29, 1.82) is 0 Å². The Labute approximate surface area is 126 Å². The summed E-state index contributed by atoms with van der Waals surface area (Å²) < 4.78 is 5.23. The highest BCUT2D eigenvalue weighted by Crippen LogP contribution is 2.27. The molecule has 1 atom stereocenters. The normalized spacial score (nSPS) is 23.5. The number of rotatable bonds is 6. The Morgan fingerprint density at radius 1 is 1.48 bits per heavy atom. The minimum Gasteiger partial charge on any atom is -0.444 e. The van der Waals surface area contributed by atoms with Gasteiger partial charge in [0.1, 0.15) is 5.60 Å². The first-order chi connectivity index (χ1) is 9.71. The van der Waals surface area contributed by atoms with Crippen molar-refractivity contribution in [3.05, 3.63) is 0 Å². The van der Waals surface area contributed by atoms with Gasteiger partial charge in [-0.25, -0.2) is 4.79 Å². The molecule has 0 unspecified atom stereocenters. The molecule has 0 saturated heterocycles. The van der Waals surface area contributed by atoms with Crippen LogP contribution in [0, 0.1) is 0 Å². The quantitative estimate of drug-likeness (QED) is 0.581. The highest BCUT2D eigenvalue weighted by Gasteiger charge is 2.35. The molecule has 0 bridgehead atoms. The number of hydrogen-bond donors (Lipinski definition) is 2. The van der Waals surface area contributed by atoms with Crippen LogP contribution in [-0.4, -0.2) is 53.6 Å². The molecule has 0 aliphatic heterocycles. The lowest BCUT2D eigenvalue weighted by atomic mass is 9.86. The zero-order chi connectivity index (χ0) is 16.0. The van der Waals surface area contributed by atoms with Crippen LogP contribution >= 0.6 is 0 Å². The minimum atomic E-state index is -0.479. The van der Waals surface area contributed by atoms with Gasteiger partial charge in [-0.1, -0.05) is 5.22 Å². The Hall–Kier alpha value is -1.37. The van der Waals surface area contributed by atoms with E-state index in [2.05, 4.69) is 15.7 Å². The highest BCUT2D eigenvalue weighted by molar-refractivity contribution is 5.68. The molecule has 0 spiro atoms. The predicted octanol–water partition coefficient (Wildman–Crippen LogP) is 2.11. The number of hydrogen-bond acceptors (Lipinski definition) is 5. The Morgan fingerprint density at radius 2 is 2.10 bits per heavy atom. The molecule has 2 N–H and O–H groups in total. The fourth-order valence-electron chi connectivity index (χ4n) is 2.16. The fourth-order valence-corrected chi connectivity index (χ4v) is 2.16. The summed E-state index contributed by atoms with van der Waals surface area (Å²) in [6, 6.07) is 0.373. The molecule has 0 aromatic heterocycles. The molecule has 1 rings (SSSR count). The third-order valence-corrected chi connectivity index (χ3v) is 3.24. The third kappa shape index (κ3) is 6.75. The molecule has 0 radical (unpaired) electrons. The summed E-state index contributed by atoms with van der Waals surface area (Å²) in [6.07, 6.45) is 1.56. The monoisotopic (exact) mass is 300 g/mol. The van der Waals surface area contributed by atoms with E-state index in [1.165, 1.54) is 0 Å². The number of nitrogens with one attached hydrogen (secondary N) is 1.